The molecule has 0 aliphatic carbocycles. The number of hydrogen-bond donors (Lipinski definition) is 1. The van der Waals surface area contributed by atoms with Gasteiger partial charge in [-0.05, 0) is 60.6 Å². The van der Waals surface area contributed by atoms with E-state index in [9.17, 15) is 0 Å². The lowest BCUT2D eigenvalue weighted by molar-refractivity contribution is 0.00367. The molecule has 0 amide bonds. The number of aliphatic hydroxyl groups excluding tert-OH is 1. The third-order valence-electron chi connectivity index (χ3n) is 9.72. The van der Waals surface area contributed by atoms with Gasteiger partial charge in [-0.25, -0.2) is 0 Å². The molecule has 1 N–H and O–H groups in total. The van der Waals surface area contributed by atoms with E-state index in [1.807, 2.05) is 0 Å². The standard InChI is InChI=1S/C44H36O6/c45-19-20-46-21-22-47-23-24-48-25-26-49-37-27-38-44(42-35(37)17-15-31-12-10-29-6-2-4-8-34(29)40(31)42)43-36(50-38)18-16-32-14-13-30-11-9-28-5-1-3-7-33(28)39(30)41(32)43/h1-18,27,45H,19-26H2. The minimum atomic E-state index is 0.0139. The molecule has 6 nitrogen and oxygen atoms in total. The van der Waals surface area contributed by atoms with Crippen LogP contribution in [0.5, 0.6) is 5.75 Å². The molecule has 9 aromatic rings. The first-order valence-corrected chi connectivity index (χ1v) is 17.2. The first-order chi connectivity index (χ1) is 24.8. The zero-order valence-corrected chi connectivity index (χ0v) is 27.6. The molecule has 8 aromatic carbocycles. The van der Waals surface area contributed by atoms with E-state index in [2.05, 4.69) is 115 Å². The van der Waals surface area contributed by atoms with Crippen LogP contribution >= 0.6 is 0 Å². The Morgan fingerprint density at radius 3 is 1.56 bits per heavy atom. The predicted octanol–water partition coefficient (Wildman–Crippen LogP) is 9.93. The Morgan fingerprint density at radius 1 is 0.400 bits per heavy atom. The van der Waals surface area contributed by atoms with Crippen LogP contribution in [0.15, 0.2) is 120 Å². The molecule has 0 aliphatic heterocycles. The van der Waals surface area contributed by atoms with Gasteiger partial charge in [-0.15, -0.1) is 0 Å². The normalized spacial score (nSPS) is 12.2. The minimum absolute atomic E-state index is 0.0139. The van der Waals surface area contributed by atoms with Gasteiger partial charge in [0.15, 0.2) is 0 Å². The van der Waals surface area contributed by atoms with Gasteiger partial charge in [-0.3, -0.25) is 0 Å². The number of rotatable bonds is 12. The van der Waals surface area contributed by atoms with E-state index in [1.165, 1.54) is 53.9 Å². The molecule has 0 radical (unpaired) electrons. The van der Waals surface area contributed by atoms with Crippen LogP contribution in [0.1, 0.15) is 0 Å². The topological polar surface area (TPSA) is 70.3 Å². The highest BCUT2D eigenvalue weighted by molar-refractivity contribution is 6.39. The Hall–Kier alpha value is -5.24. The number of hydrogen-bond acceptors (Lipinski definition) is 6. The molecule has 0 saturated carbocycles. The van der Waals surface area contributed by atoms with Gasteiger partial charge in [0, 0.05) is 33.0 Å². The van der Waals surface area contributed by atoms with Crippen LogP contribution in [0, 0.1) is 0 Å². The van der Waals surface area contributed by atoms with E-state index in [1.54, 1.807) is 0 Å². The summed E-state index contributed by atoms with van der Waals surface area (Å²) in [6.45, 7) is 2.98. The highest BCUT2D eigenvalue weighted by atomic mass is 16.6. The molecule has 1 aromatic heterocycles. The van der Waals surface area contributed by atoms with Crippen molar-refractivity contribution in [2.45, 2.75) is 0 Å². The Balaban J connectivity index is 1.22. The van der Waals surface area contributed by atoms with Crippen LogP contribution in [-0.2, 0) is 14.2 Å². The number of ether oxygens (including phenoxy) is 4. The van der Waals surface area contributed by atoms with Crippen molar-refractivity contribution < 1.29 is 28.5 Å². The quantitative estimate of drug-likeness (QED) is 0.104. The van der Waals surface area contributed by atoms with Crippen LogP contribution in [0.25, 0.3) is 86.6 Å². The van der Waals surface area contributed by atoms with Crippen molar-refractivity contribution in [2.24, 2.45) is 0 Å². The SMILES string of the molecule is OCCOCCOCCOCCOc1cc2oc3ccc4ccc5ccc6ccccc6c5c4c3c2c2c1ccc1ccc3ccccc3c12. The van der Waals surface area contributed by atoms with Crippen LogP contribution in [-0.4, -0.2) is 58.0 Å². The van der Waals surface area contributed by atoms with Crippen molar-refractivity contribution in [3.63, 3.8) is 0 Å². The third kappa shape index (κ3) is 5.29. The zero-order chi connectivity index (χ0) is 33.4. The van der Waals surface area contributed by atoms with Gasteiger partial charge in [0.25, 0.3) is 0 Å². The Bertz CT molecular complexity index is 2690. The van der Waals surface area contributed by atoms with Gasteiger partial charge in [-0.1, -0.05) is 97.1 Å². The summed E-state index contributed by atoms with van der Waals surface area (Å²) in [7, 11) is 0. The van der Waals surface area contributed by atoms with Gasteiger partial charge >= 0.3 is 0 Å². The highest BCUT2D eigenvalue weighted by Crippen LogP contribution is 2.47. The fraction of sp³-hybridized carbons (Fsp3) is 0.182. The van der Waals surface area contributed by atoms with E-state index >= 15 is 0 Å². The van der Waals surface area contributed by atoms with Gasteiger partial charge < -0.3 is 28.5 Å². The van der Waals surface area contributed by atoms with Crippen LogP contribution in [0.2, 0.25) is 0 Å². The Labute approximate surface area is 288 Å². The fourth-order valence-corrected chi connectivity index (χ4v) is 7.57. The van der Waals surface area contributed by atoms with E-state index in [0.717, 1.165) is 38.5 Å². The molecule has 1 heterocycles. The molecular formula is C44H36O6. The minimum Gasteiger partial charge on any atom is -0.490 e. The summed E-state index contributed by atoms with van der Waals surface area (Å²) >= 11 is 0. The summed E-state index contributed by atoms with van der Waals surface area (Å²) in [6, 6.07) is 41.3. The predicted molar refractivity (Wildman–Crippen MR) is 204 cm³/mol. The maximum absolute atomic E-state index is 8.81. The third-order valence-corrected chi connectivity index (χ3v) is 9.72. The molecule has 9 rings (SSSR count). The number of furan rings is 1. The van der Waals surface area contributed by atoms with Crippen LogP contribution < -0.4 is 4.74 Å². The summed E-state index contributed by atoms with van der Waals surface area (Å²) in [5.41, 5.74) is 1.65. The molecule has 6 heteroatoms. The van der Waals surface area contributed by atoms with E-state index in [4.69, 9.17) is 28.5 Å². The number of aliphatic hydroxyl groups is 1. The van der Waals surface area contributed by atoms with Gasteiger partial charge in [-0.2, -0.15) is 0 Å². The second kappa shape index (κ2) is 13.2. The van der Waals surface area contributed by atoms with Crippen molar-refractivity contribution in [3.05, 3.63) is 115 Å². The molecule has 0 spiro atoms. The zero-order valence-electron chi connectivity index (χ0n) is 27.6. The Kier molecular flexibility index (Phi) is 8.15. The molecular weight excluding hydrogens is 624 g/mol. The smallest absolute Gasteiger partial charge is 0.139 e. The van der Waals surface area contributed by atoms with Crippen molar-refractivity contribution in [2.75, 3.05) is 52.9 Å². The first-order valence-electron chi connectivity index (χ1n) is 17.2. The second-order valence-electron chi connectivity index (χ2n) is 12.6. The molecule has 0 saturated heterocycles. The summed E-state index contributed by atoms with van der Waals surface area (Å²) in [4.78, 5) is 0. The van der Waals surface area contributed by atoms with Crippen LogP contribution in [0.4, 0.5) is 0 Å². The molecule has 0 fully saturated rings. The van der Waals surface area contributed by atoms with Crippen LogP contribution in [0.3, 0.4) is 0 Å². The van der Waals surface area contributed by atoms with Gasteiger partial charge in [0.05, 0.1) is 46.2 Å². The molecule has 0 aliphatic rings. The van der Waals surface area contributed by atoms with Crippen molar-refractivity contribution >= 4 is 86.6 Å². The number of fused-ring (bicyclic) bond motifs is 15. The van der Waals surface area contributed by atoms with E-state index in [0.29, 0.717) is 46.2 Å². The largest absolute Gasteiger partial charge is 0.490 e. The lowest BCUT2D eigenvalue weighted by Gasteiger charge is -2.15. The summed E-state index contributed by atoms with van der Waals surface area (Å²) in [5.74, 6) is 0.766. The van der Waals surface area contributed by atoms with E-state index in [-0.39, 0.29) is 6.61 Å². The molecule has 50 heavy (non-hydrogen) atoms. The maximum Gasteiger partial charge on any atom is 0.139 e. The van der Waals surface area contributed by atoms with Crippen molar-refractivity contribution in [3.8, 4) is 5.75 Å². The first kappa shape index (κ1) is 30.8. The lowest BCUT2D eigenvalue weighted by atomic mass is 9.90. The highest BCUT2D eigenvalue weighted by Gasteiger charge is 2.21. The lowest BCUT2D eigenvalue weighted by Crippen LogP contribution is -2.13. The Morgan fingerprint density at radius 2 is 0.900 bits per heavy atom. The fourth-order valence-electron chi connectivity index (χ4n) is 7.57. The summed E-state index contributed by atoms with van der Waals surface area (Å²) < 4.78 is 29.9. The maximum atomic E-state index is 8.81. The van der Waals surface area contributed by atoms with Crippen molar-refractivity contribution in [1.29, 1.82) is 0 Å². The number of benzene rings is 8. The summed E-state index contributed by atoms with van der Waals surface area (Å²) in [5, 5.41) is 25.2. The van der Waals surface area contributed by atoms with Gasteiger partial charge in [0.2, 0.25) is 0 Å². The molecule has 0 bridgehead atoms. The molecule has 248 valence electrons. The molecule has 0 unspecified atom stereocenters. The van der Waals surface area contributed by atoms with Crippen molar-refractivity contribution in [1.82, 2.24) is 0 Å². The van der Waals surface area contributed by atoms with Gasteiger partial charge in [0.1, 0.15) is 23.5 Å². The monoisotopic (exact) mass is 660 g/mol. The second-order valence-corrected chi connectivity index (χ2v) is 12.6. The summed E-state index contributed by atoms with van der Waals surface area (Å²) in [6.07, 6.45) is 0. The average molecular weight is 661 g/mol. The average Bonchev–Trinajstić information content (AvgIpc) is 3.54. The van der Waals surface area contributed by atoms with E-state index < -0.39 is 0 Å². The molecule has 0 atom stereocenters.